The lowest BCUT2D eigenvalue weighted by molar-refractivity contribution is 0.691. The van der Waals surface area contributed by atoms with Gasteiger partial charge >= 0.3 is 0 Å². The van der Waals surface area contributed by atoms with E-state index in [1.54, 1.807) is 11.3 Å². The summed E-state index contributed by atoms with van der Waals surface area (Å²) < 4.78 is 0. The van der Waals surface area contributed by atoms with Crippen LogP contribution in [0.1, 0.15) is 24.1 Å². The van der Waals surface area contributed by atoms with Gasteiger partial charge in [-0.05, 0) is 43.3 Å². The number of rotatable bonds is 5. The van der Waals surface area contributed by atoms with E-state index in [1.807, 2.05) is 0 Å². The molecule has 0 aliphatic heterocycles. The van der Waals surface area contributed by atoms with Gasteiger partial charge in [-0.3, -0.25) is 0 Å². The first-order chi connectivity index (χ1) is 6.45. The van der Waals surface area contributed by atoms with Gasteiger partial charge in [-0.2, -0.15) is 0 Å². The third-order valence-electron chi connectivity index (χ3n) is 2.15. The molecule has 0 amide bonds. The zero-order valence-corrected chi connectivity index (χ0v) is 8.52. The zero-order valence-electron chi connectivity index (χ0n) is 7.70. The Morgan fingerprint density at radius 2 is 2.46 bits per heavy atom. The van der Waals surface area contributed by atoms with Gasteiger partial charge in [0.25, 0.3) is 0 Å². The lowest BCUT2D eigenvalue weighted by atomic mass is 10.3. The van der Waals surface area contributed by atoms with Crippen LogP contribution in [0.5, 0.6) is 0 Å². The van der Waals surface area contributed by atoms with E-state index >= 15 is 0 Å². The van der Waals surface area contributed by atoms with Gasteiger partial charge in [-0.15, -0.1) is 11.3 Å². The van der Waals surface area contributed by atoms with Crippen molar-refractivity contribution in [3.8, 4) is 0 Å². The lowest BCUT2D eigenvalue weighted by Crippen LogP contribution is -2.16. The first kappa shape index (κ1) is 8.97. The summed E-state index contributed by atoms with van der Waals surface area (Å²) >= 11 is 1.79. The Hall–Kier alpha value is -0.600. The Balaban J connectivity index is 1.61. The zero-order chi connectivity index (χ0) is 8.93. The molecule has 1 N–H and O–H groups in total. The lowest BCUT2D eigenvalue weighted by Gasteiger charge is -1.96. The third kappa shape index (κ3) is 3.33. The summed E-state index contributed by atoms with van der Waals surface area (Å²) in [5.74, 6) is 0. The Morgan fingerprint density at radius 1 is 1.54 bits per heavy atom. The van der Waals surface area contributed by atoms with Gasteiger partial charge in [0.05, 0.1) is 0 Å². The molecule has 1 aliphatic carbocycles. The number of nitrogens with one attached hydrogen (secondary N) is 1. The summed E-state index contributed by atoms with van der Waals surface area (Å²) in [6.45, 7) is 1.13. The van der Waals surface area contributed by atoms with Gasteiger partial charge in [0.2, 0.25) is 0 Å². The number of thiophene rings is 1. The molecule has 0 unspecified atom stereocenters. The van der Waals surface area contributed by atoms with Gasteiger partial charge in [0.1, 0.15) is 0 Å². The monoisotopic (exact) mass is 193 g/mol. The molecule has 0 atom stereocenters. The molecule has 1 heterocycles. The fourth-order valence-electron chi connectivity index (χ4n) is 1.24. The molecule has 1 fully saturated rings. The van der Waals surface area contributed by atoms with E-state index < -0.39 is 0 Å². The van der Waals surface area contributed by atoms with Crippen molar-refractivity contribution in [3.63, 3.8) is 0 Å². The van der Waals surface area contributed by atoms with Crippen molar-refractivity contribution in [2.75, 3.05) is 6.54 Å². The van der Waals surface area contributed by atoms with E-state index in [0.717, 1.165) is 19.0 Å². The molecule has 1 aromatic rings. The number of hydrogen-bond donors (Lipinski definition) is 1. The molecular formula is C11H15NS. The second-order valence-corrected chi connectivity index (χ2v) is 4.41. The van der Waals surface area contributed by atoms with E-state index in [2.05, 4.69) is 35.0 Å². The number of hydrogen-bond acceptors (Lipinski definition) is 2. The van der Waals surface area contributed by atoms with Crippen molar-refractivity contribution in [2.24, 2.45) is 0 Å². The molecule has 0 bridgehead atoms. The predicted octanol–water partition coefficient (Wildman–Crippen LogP) is 2.90. The largest absolute Gasteiger partial charge is 0.314 e. The molecule has 1 saturated carbocycles. The van der Waals surface area contributed by atoms with Crippen LogP contribution in [0.15, 0.2) is 23.6 Å². The molecule has 1 aliphatic rings. The second kappa shape index (κ2) is 4.58. The Bertz CT molecular complexity index is 260. The highest BCUT2D eigenvalue weighted by Gasteiger charge is 2.19. The average Bonchev–Trinajstić information content (AvgIpc) is 2.81. The molecule has 0 aromatic carbocycles. The summed E-state index contributed by atoms with van der Waals surface area (Å²) in [5, 5.41) is 5.60. The van der Waals surface area contributed by atoms with E-state index in [4.69, 9.17) is 0 Å². The standard InChI is InChI=1S/C11H15NS/c1(2-8-12-10-6-7-10)4-11-5-3-9-13-11/h1,3-5,9-10,12H,2,6-8H2. The van der Waals surface area contributed by atoms with E-state index in [-0.39, 0.29) is 0 Å². The second-order valence-electron chi connectivity index (χ2n) is 3.43. The van der Waals surface area contributed by atoms with Crippen LogP contribution in [0.4, 0.5) is 0 Å². The highest BCUT2D eigenvalue weighted by Crippen LogP contribution is 2.18. The van der Waals surface area contributed by atoms with Crippen LogP contribution >= 0.6 is 11.3 Å². The minimum atomic E-state index is 0.843. The van der Waals surface area contributed by atoms with Crippen molar-refractivity contribution >= 4 is 17.4 Å². The molecule has 0 spiro atoms. The van der Waals surface area contributed by atoms with Crippen molar-refractivity contribution in [2.45, 2.75) is 25.3 Å². The minimum absolute atomic E-state index is 0.843. The van der Waals surface area contributed by atoms with Gasteiger partial charge < -0.3 is 5.32 Å². The molecule has 1 aromatic heterocycles. The molecule has 2 heteroatoms. The van der Waals surface area contributed by atoms with Crippen LogP contribution in [-0.2, 0) is 0 Å². The highest BCUT2D eigenvalue weighted by molar-refractivity contribution is 7.10. The van der Waals surface area contributed by atoms with Crippen LogP contribution in [0.25, 0.3) is 6.08 Å². The van der Waals surface area contributed by atoms with Crippen LogP contribution in [0.2, 0.25) is 0 Å². The fourth-order valence-corrected chi connectivity index (χ4v) is 1.89. The van der Waals surface area contributed by atoms with Crippen molar-refractivity contribution in [3.05, 3.63) is 28.5 Å². The predicted molar refractivity (Wildman–Crippen MR) is 59.0 cm³/mol. The quantitative estimate of drug-likeness (QED) is 0.709. The van der Waals surface area contributed by atoms with E-state index in [9.17, 15) is 0 Å². The molecule has 1 nitrogen and oxygen atoms in total. The maximum absolute atomic E-state index is 3.49. The van der Waals surface area contributed by atoms with E-state index in [1.165, 1.54) is 17.7 Å². The maximum Gasteiger partial charge on any atom is 0.0267 e. The third-order valence-corrected chi connectivity index (χ3v) is 2.98. The van der Waals surface area contributed by atoms with Gasteiger partial charge in [0, 0.05) is 10.9 Å². The molecule has 0 radical (unpaired) electrons. The summed E-state index contributed by atoms with van der Waals surface area (Å²) in [4.78, 5) is 1.35. The summed E-state index contributed by atoms with van der Waals surface area (Å²) in [5.41, 5.74) is 0. The van der Waals surface area contributed by atoms with Crippen molar-refractivity contribution in [1.29, 1.82) is 0 Å². The Kier molecular flexibility index (Phi) is 3.16. The van der Waals surface area contributed by atoms with Crippen molar-refractivity contribution in [1.82, 2.24) is 5.32 Å². The van der Waals surface area contributed by atoms with Gasteiger partial charge in [0.15, 0.2) is 0 Å². The summed E-state index contributed by atoms with van der Waals surface area (Å²) in [6.07, 6.45) is 8.37. The topological polar surface area (TPSA) is 12.0 Å². The Labute approximate surface area is 83.5 Å². The van der Waals surface area contributed by atoms with Gasteiger partial charge in [-0.25, -0.2) is 0 Å². The van der Waals surface area contributed by atoms with Gasteiger partial charge in [-0.1, -0.05) is 12.1 Å². The molecule has 2 rings (SSSR count). The van der Waals surface area contributed by atoms with Crippen LogP contribution in [-0.4, -0.2) is 12.6 Å². The first-order valence-electron chi connectivity index (χ1n) is 4.88. The maximum atomic E-state index is 3.49. The van der Waals surface area contributed by atoms with Crippen LogP contribution in [0.3, 0.4) is 0 Å². The smallest absolute Gasteiger partial charge is 0.0267 e. The van der Waals surface area contributed by atoms with Crippen LogP contribution < -0.4 is 5.32 Å². The molecule has 70 valence electrons. The summed E-state index contributed by atoms with van der Waals surface area (Å²) in [6, 6.07) is 5.08. The fraction of sp³-hybridized carbons (Fsp3) is 0.455. The normalized spacial score (nSPS) is 16.9. The molecule has 13 heavy (non-hydrogen) atoms. The highest BCUT2D eigenvalue weighted by atomic mass is 32.1. The average molecular weight is 193 g/mol. The first-order valence-corrected chi connectivity index (χ1v) is 5.76. The van der Waals surface area contributed by atoms with Crippen LogP contribution in [0, 0.1) is 0 Å². The van der Waals surface area contributed by atoms with Crippen molar-refractivity contribution < 1.29 is 0 Å². The molecule has 0 saturated heterocycles. The summed E-state index contributed by atoms with van der Waals surface area (Å²) in [7, 11) is 0. The van der Waals surface area contributed by atoms with E-state index in [0.29, 0.717) is 0 Å². The SMILES string of the molecule is C(=Cc1cccs1)CCNC1CC1. The Morgan fingerprint density at radius 3 is 3.15 bits per heavy atom. The molecular weight excluding hydrogens is 178 g/mol. The minimum Gasteiger partial charge on any atom is -0.314 e.